The summed E-state index contributed by atoms with van der Waals surface area (Å²) < 4.78 is 0. The van der Waals surface area contributed by atoms with Crippen molar-refractivity contribution in [2.24, 2.45) is 10.2 Å². The lowest BCUT2D eigenvalue weighted by Crippen LogP contribution is -2.19. The van der Waals surface area contributed by atoms with Crippen LogP contribution in [0.4, 0.5) is 0 Å². The zero-order valence-electron chi connectivity index (χ0n) is 20.0. The van der Waals surface area contributed by atoms with E-state index in [0.29, 0.717) is 25.7 Å². The van der Waals surface area contributed by atoms with Crippen LogP contribution in [0.1, 0.15) is 70.2 Å². The second-order valence-corrected chi connectivity index (χ2v) is 8.42. The highest BCUT2D eigenvalue weighted by molar-refractivity contribution is 5.86. The minimum atomic E-state index is -0.160. The summed E-state index contributed by atoms with van der Waals surface area (Å²) in [5.41, 5.74) is 14.1. The van der Waals surface area contributed by atoms with E-state index in [2.05, 4.69) is 59.2 Å². The number of hydrazone groups is 2. The fourth-order valence-corrected chi connectivity index (χ4v) is 3.81. The Kier molecular flexibility index (Phi) is 9.32. The lowest BCUT2D eigenvalue weighted by molar-refractivity contribution is -0.123. The van der Waals surface area contributed by atoms with Crippen molar-refractivity contribution in [1.82, 2.24) is 10.9 Å². The molecule has 170 valence electrons. The highest BCUT2D eigenvalue weighted by Gasteiger charge is 2.05. The molecule has 2 aromatic carbocycles. The molecule has 0 aromatic heterocycles. The average Bonchev–Trinajstić information content (AvgIpc) is 2.69. The topological polar surface area (TPSA) is 82.9 Å². The van der Waals surface area contributed by atoms with Crippen LogP contribution in [0.25, 0.3) is 0 Å². The predicted molar refractivity (Wildman–Crippen MR) is 131 cm³/mol. The molecule has 2 aromatic rings. The molecule has 2 amide bonds. The molecule has 32 heavy (non-hydrogen) atoms. The monoisotopic (exact) mass is 434 g/mol. The van der Waals surface area contributed by atoms with Crippen molar-refractivity contribution in [2.45, 2.75) is 67.2 Å². The zero-order chi connectivity index (χ0) is 23.7. The first-order valence-corrected chi connectivity index (χ1v) is 11.0. The van der Waals surface area contributed by atoms with Crippen molar-refractivity contribution in [2.75, 3.05) is 0 Å². The van der Waals surface area contributed by atoms with Crippen LogP contribution in [0.3, 0.4) is 0 Å². The number of rotatable bonds is 9. The maximum atomic E-state index is 12.0. The Morgan fingerprint density at radius 3 is 1.28 bits per heavy atom. The van der Waals surface area contributed by atoms with Gasteiger partial charge in [0.15, 0.2) is 0 Å². The minimum Gasteiger partial charge on any atom is -0.273 e. The fraction of sp³-hybridized carbons (Fsp3) is 0.385. The van der Waals surface area contributed by atoms with E-state index < -0.39 is 0 Å². The average molecular weight is 435 g/mol. The van der Waals surface area contributed by atoms with Gasteiger partial charge >= 0.3 is 0 Å². The molecule has 0 heterocycles. The number of hydrogen-bond donors (Lipinski definition) is 2. The number of benzene rings is 2. The molecule has 0 aliphatic rings. The normalized spacial score (nSPS) is 11.3. The predicted octanol–water partition coefficient (Wildman–Crippen LogP) is 4.70. The molecule has 2 rings (SSSR count). The molecular weight excluding hydrogens is 400 g/mol. The van der Waals surface area contributed by atoms with Crippen LogP contribution in [0, 0.1) is 41.5 Å². The molecule has 2 N–H and O–H groups in total. The van der Waals surface area contributed by atoms with Crippen LogP contribution in [0.5, 0.6) is 0 Å². The molecule has 0 bridgehead atoms. The summed E-state index contributed by atoms with van der Waals surface area (Å²) in [6, 6.07) is 8.37. The van der Waals surface area contributed by atoms with Gasteiger partial charge in [0.05, 0.1) is 12.4 Å². The van der Waals surface area contributed by atoms with Gasteiger partial charge in [0, 0.05) is 24.0 Å². The van der Waals surface area contributed by atoms with Crippen LogP contribution in [0.2, 0.25) is 0 Å². The number of carbonyl (C=O) groups excluding carboxylic acids is 2. The van der Waals surface area contributed by atoms with Gasteiger partial charge in [0.25, 0.3) is 0 Å². The highest BCUT2D eigenvalue weighted by atomic mass is 16.2. The fourth-order valence-electron chi connectivity index (χ4n) is 3.81. The molecule has 0 radical (unpaired) electrons. The van der Waals surface area contributed by atoms with Crippen LogP contribution in [-0.2, 0) is 9.59 Å². The number of hydrogen-bond acceptors (Lipinski definition) is 4. The maximum absolute atomic E-state index is 12.0. The zero-order valence-corrected chi connectivity index (χ0v) is 20.0. The largest absolute Gasteiger partial charge is 0.273 e. The maximum Gasteiger partial charge on any atom is 0.240 e. The SMILES string of the molecule is Cc1cc(C)c(/C=N/NC(=O)CCCCC(=O)N/N=C/c2c(C)cc(C)cc2C)c(C)c1. The number of unbranched alkanes of at least 4 members (excludes halogenated alkanes) is 1. The smallest absolute Gasteiger partial charge is 0.240 e. The van der Waals surface area contributed by atoms with E-state index in [0.717, 1.165) is 33.4 Å². The van der Waals surface area contributed by atoms with Crippen LogP contribution >= 0.6 is 0 Å². The Labute approximate surface area is 191 Å². The van der Waals surface area contributed by atoms with Crippen LogP contribution in [0.15, 0.2) is 34.5 Å². The molecule has 6 heteroatoms. The Morgan fingerprint density at radius 1 is 0.656 bits per heavy atom. The molecule has 0 aliphatic carbocycles. The second-order valence-electron chi connectivity index (χ2n) is 8.42. The van der Waals surface area contributed by atoms with Crippen molar-refractivity contribution < 1.29 is 9.59 Å². The standard InChI is InChI=1S/C26H34N4O2/c1-17-11-19(3)23(20(4)12-17)15-27-29-25(31)9-7-8-10-26(32)30-28-16-24-21(5)13-18(2)14-22(24)6/h11-16H,7-10H2,1-6H3,(H,29,31)(H,30,32)/b27-15+,28-16+. The van der Waals surface area contributed by atoms with Crippen molar-refractivity contribution in [3.63, 3.8) is 0 Å². The molecule has 0 aliphatic heterocycles. The number of nitrogens with one attached hydrogen (secondary N) is 2. The third kappa shape index (κ3) is 7.76. The third-order valence-electron chi connectivity index (χ3n) is 5.30. The van der Waals surface area contributed by atoms with Crippen LogP contribution < -0.4 is 10.9 Å². The Balaban J connectivity index is 1.69. The summed E-state index contributed by atoms with van der Waals surface area (Å²) in [7, 11) is 0. The van der Waals surface area contributed by atoms with Gasteiger partial charge in [0.2, 0.25) is 11.8 Å². The van der Waals surface area contributed by atoms with Crippen LogP contribution in [-0.4, -0.2) is 24.2 Å². The first kappa shape index (κ1) is 25.0. The second kappa shape index (κ2) is 11.9. The minimum absolute atomic E-state index is 0.160. The Hall–Kier alpha value is -3.28. The number of carbonyl (C=O) groups is 2. The van der Waals surface area contributed by atoms with E-state index in [1.54, 1.807) is 12.4 Å². The summed E-state index contributed by atoms with van der Waals surface area (Å²) in [6.45, 7) is 12.2. The summed E-state index contributed by atoms with van der Waals surface area (Å²) in [4.78, 5) is 23.9. The molecular formula is C26H34N4O2. The number of aryl methyl sites for hydroxylation is 6. The van der Waals surface area contributed by atoms with E-state index in [1.807, 2.05) is 27.7 Å². The third-order valence-corrected chi connectivity index (χ3v) is 5.30. The molecule has 0 atom stereocenters. The Bertz CT molecular complexity index is 909. The summed E-state index contributed by atoms with van der Waals surface area (Å²) in [5.74, 6) is -0.320. The van der Waals surface area contributed by atoms with Gasteiger partial charge in [-0.25, -0.2) is 10.9 Å². The van der Waals surface area contributed by atoms with Gasteiger partial charge in [-0.05, 0) is 76.6 Å². The van der Waals surface area contributed by atoms with Gasteiger partial charge in [-0.3, -0.25) is 9.59 Å². The van der Waals surface area contributed by atoms with Gasteiger partial charge < -0.3 is 0 Å². The van der Waals surface area contributed by atoms with Gasteiger partial charge in [-0.2, -0.15) is 10.2 Å². The van der Waals surface area contributed by atoms with E-state index in [1.165, 1.54) is 11.1 Å². The quantitative estimate of drug-likeness (QED) is 0.341. The molecule has 6 nitrogen and oxygen atoms in total. The summed E-state index contributed by atoms with van der Waals surface area (Å²) >= 11 is 0. The van der Waals surface area contributed by atoms with Gasteiger partial charge in [-0.1, -0.05) is 35.4 Å². The van der Waals surface area contributed by atoms with Crippen molar-refractivity contribution in [1.29, 1.82) is 0 Å². The van der Waals surface area contributed by atoms with Crippen molar-refractivity contribution in [3.8, 4) is 0 Å². The molecule has 0 fully saturated rings. The first-order valence-electron chi connectivity index (χ1n) is 11.0. The van der Waals surface area contributed by atoms with Crippen molar-refractivity contribution >= 4 is 24.2 Å². The Morgan fingerprint density at radius 2 is 0.969 bits per heavy atom. The van der Waals surface area contributed by atoms with E-state index in [9.17, 15) is 9.59 Å². The summed E-state index contributed by atoms with van der Waals surface area (Å²) in [5, 5.41) is 8.15. The molecule has 0 unspecified atom stereocenters. The van der Waals surface area contributed by atoms with Gasteiger partial charge in [0.1, 0.15) is 0 Å². The van der Waals surface area contributed by atoms with Gasteiger partial charge in [-0.15, -0.1) is 0 Å². The summed E-state index contributed by atoms with van der Waals surface area (Å²) in [6.07, 6.45) is 5.23. The van der Waals surface area contributed by atoms with E-state index in [4.69, 9.17) is 0 Å². The highest BCUT2D eigenvalue weighted by Crippen LogP contribution is 2.15. The van der Waals surface area contributed by atoms with E-state index in [-0.39, 0.29) is 11.8 Å². The lowest BCUT2D eigenvalue weighted by Gasteiger charge is -2.07. The number of nitrogens with zero attached hydrogens (tertiary/aromatic N) is 2. The lowest BCUT2D eigenvalue weighted by atomic mass is 10.0. The number of amides is 2. The first-order chi connectivity index (χ1) is 15.2. The van der Waals surface area contributed by atoms with Crippen molar-refractivity contribution in [3.05, 3.63) is 68.8 Å². The van der Waals surface area contributed by atoms with E-state index >= 15 is 0 Å². The molecule has 0 saturated carbocycles. The molecule has 0 saturated heterocycles. The molecule has 0 spiro atoms.